The maximum absolute atomic E-state index is 11.7. The fourth-order valence-corrected chi connectivity index (χ4v) is 6.03. The van der Waals surface area contributed by atoms with Crippen LogP contribution in [0.25, 0.3) is 61.0 Å². The van der Waals surface area contributed by atoms with E-state index in [0.29, 0.717) is 5.69 Å². The topological polar surface area (TPSA) is 66.7 Å². The van der Waals surface area contributed by atoms with E-state index >= 15 is 0 Å². The molecule has 0 amide bonds. The molecule has 214 valence electrons. The van der Waals surface area contributed by atoms with Gasteiger partial charge in [-0.2, -0.15) is 5.10 Å². The van der Waals surface area contributed by atoms with Crippen LogP contribution >= 0.6 is 0 Å². The van der Waals surface area contributed by atoms with E-state index in [-0.39, 0.29) is 16.6 Å². The van der Waals surface area contributed by atoms with Gasteiger partial charge in [0.05, 0.1) is 22.4 Å². The van der Waals surface area contributed by atoms with Crippen LogP contribution in [0, 0.1) is 0 Å². The SMILES string of the molecule is CC(C)(C)c1cc(-n2nc(-c3cccc(-c4cccc5c4[nH]c4ccccc45)n3)c3ccccc32)c(O)c(C(C)(C)C)c1. The zero-order valence-corrected chi connectivity index (χ0v) is 25.5. The van der Waals surface area contributed by atoms with Gasteiger partial charge in [0.15, 0.2) is 0 Å². The second-order valence-electron chi connectivity index (χ2n) is 13.5. The first-order valence-corrected chi connectivity index (χ1v) is 14.8. The number of hydrogen-bond donors (Lipinski definition) is 2. The van der Waals surface area contributed by atoms with Crippen LogP contribution in [0.1, 0.15) is 52.7 Å². The number of hydrogen-bond acceptors (Lipinski definition) is 3. The van der Waals surface area contributed by atoms with Crippen LogP contribution in [0.2, 0.25) is 0 Å². The molecule has 0 aliphatic heterocycles. The molecule has 4 aromatic carbocycles. The summed E-state index contributed by atoms with van der Waals surface area (Å²) in [6, 6.07) is 33.2. The number of para-hydroxylation sites is 3. The van der Waals surface area contributed by atoms with Gasteiger partial charge in [-0.25, -0.2) is 9.67 Å². The molecule has 5 heteroatoms. The molecule has 2 N–H and O–H groups in total. The first-order valence-electron chi connectivity index (χ1n) is 14.8. The molecule has 7 aromatic rings. The van der Waals surface area contributed by atoms with Crippen LogP contribution in [-0.4, -0.2) is 24.9 Å². The zero-order chi connectivity index (χ0) is 30.1. The van der Waals surface area contributed by atoms with Gasteiger partial charge in [0.1, 0.15) is 17.1 Å². The average molecular weight is 565 g/mol. The van der Waals surface area contributed by atoms with Gasteiger partial charge in [-0.3, -0.25) is 0 Å². The summed E-state index contributed by atoms with van der Waals surface area (Å²) in [7, 11) is 0. The monoisotopic (exact) mass is 564 g/mol. The van der Waals surface area contributed by atoms with E-state index in [2.05, 4.69) is 119 Å². The number of phenols is 1. The van der Waals surface area contributed by atoms with Crippen molar-refractivity contribution in [1.29, 1.82) is 0 Å². The molecule has 0 aliphatic carbocycles. The second kappa shape index (κ2) is 9.56. The molecule has 0 saturated heterocycles. The highest BCUT2D eigenvalue weighted by molar-refractivity contribution is 6.11. The van der Waals surface area contributed by atoms with Crippen molar-refractivity contribution in [1.82, 2.24) is 19.7 Å². The van der Waals surface area contributed by atoms with Crippen molar-refractivity contribution < 1.29 is 5.11 Å². The summed E-state index contributed by atoms with van der Waals surface area (Å²) in [5.41, 5.74) is 8.97. The molecule has 0 radical (unpaired) electrons. The number of phenolic OH excluding ortho intramolecular Hbond substituents is 1. The lowest BCUT2D eigenvalue weighted by molar-refractivity contribution is 0.441. The summed E-state index contributed by atoms with van der Waals surface area (Å²) in [6.45, 7) is 13.0. The number of aromatic nitrogens is 4. The Balaban J connectivity index is 1.43. The molecule has 43 heavy (non-hydrogen) atoms. The third-order valence-corrected chi connectivity index (χ3v) is 8.39. The second-order valence-corrected chi connectivity index (χ2v) is 13.5. The molecule has 3 heterocycles. The minimum absolute atomic E-state index is 0.103. The van der Waals surface area contributed by atoms with Crippen LogP contribution in [0.3, 0.4) is 0 Å². The minimum atomic E-state index is -0.245. The number of rotatable bonds is 3. The largest absolute Gasteiger partial charge is 0.505 e. The van der Waals surface area contributed by atoms with Crippen molar-refractivity contribution in [2.45, 2.75) is 52.4 Å². The van der Waals surface area contributed by atoms with Crippen LogP contribution in [0.4, 0.5) is 0 Å². The van der Waals surface area contributed by atoms with Crippen molar-refractivity contribution in [3.63, 3.8) is 0 Å². The number of aromatic amines is 1. The number of H-pyrrole nitrogens is 1. The minimum Gasteiger partial charge on any atom is -0.505 e. The lowest BCUT2D eigenvalue weighted by Gasteiger charge is -2.27. The van der Waals surface area contributed by atoms with Gasteiger partial charge in [-0.05, 0) is 46.7 Å². The lowest BCUT2D eigenvalue weighted by atomic mass is 9.79. The van der Waals surface area contributed by atoms with E-state index in [1.165, 1.54) is 10.8 Å². The summed E-state index contributed by atoms with van der Waals surface area (Å²) in [4.78, 5) is 8.78. The third-order valence-electron chi connectivity index (χ3n) is 8.39. The molecule has 0 spiro atoms. The molecule has 0 unspecified atom stereocenters. The molecule has 0 bridgehead atoms. The van der Waals surface area contributed by atoms with Gasteiger partial charge >= 0.3 is 0 Å². The highest BCUT2D eigenvalue weighted by Gasteiger charge is 2.27. The number of benzene rings is 4. The number of nitrogens with zero attached hydrogens (tertiary/aromatic N) is 3. The maximum atomic E-state index is 11.7. The fourth-order valence-electron chi connectivity index (χ4n) is 6.03. The molecule has 0 atom stereocenters. The van der Waals surface area contributed by atoms with Gasteiger partial charge < -0.3 is 10.1 Å². The quantitative estimate of drug-likeness (QED) is 0.224. The lowest BCUT2D eigenvalue weighted by Crippen LogP contribution is -2.18. The van der Waals surface area contributed by atoms with Crippen LogP contribution in [0.5, 0.6) is 5.75 Å². The molecule has 0 saturated carbocycles. The molecular weight excluding hydrogens is 528 g/mol. The van der Waals surface area contributed by atoms with E-state index in [4.69, 9.17) is 10.1 Å². The summed E-state index contributed by atoms with van der Waals surface area (Å²) in [6.07, 6.45) is 0. The summed E-state index contributed by atoms with van der Waals surface area (Å²) in [5, 5.41) is 20.2. The van der Waals surface area contributed by atoms with Crippen molar-refractivity contribution in [2.75, 3.05) is 0 Å². The maximum Gasteiger partial charge on any atom is 0.145 e. The van der Waals surface area contributed by atoms with Crippen molar-refractivity contribution in [3.8, 4) is 34.1 Å². The van der Waals surface area contributed by atoms with Crippen LogP contribution in [-0.2, 0) is 10.8 Å². The predicted octanol–water partition coefficient (Wildman–Crippen LogP) is 9.69. The third kappa shape index (κ3) is 4.47. The van der Waals surface area contributed by atoms with Crippen molar-refractivity contribution in [2.24, 2.45) is 0 Å². The number of fused-ring (bicyclic) bond motifs is 4. The molecule has 7 rings (SSSR count). The molecule has 5 nitrogen and oxygen atoms in total. The first-order chi connectivity index (χ1) is 20.5. The van der Waals surface area contributed by atoms with E-state index in [1.54, 1.807) is 0 Å². The highest BCUT2D eigenvalue weighted by Crippen LogP contribution is 2.41. The fraction of sp³-hybridized carbons (Fsp3) is 0.211. The van der Waals surface area contributed by atoms with E-state index in [1.807, 2.05) is 28.9 Å². The van der Waals surface area contributed by atoms with E-state index < -0.39 is 0 Å². The Hall–Kier alpha value is -4.90. The Morgan fingerprint density at radius 1 is 0.674 bits per heavy atom. The average Bonchev–Trinajstić information content (AvgIpc) is 3.55. The van der Waals surface area contributed by atoms with Crippen molar-refractivity contribution >= 4 is 32.7 Å². The number of pyridine rings is 1. The highest BCUT2D eigenvalue weighted by atomic mass is 16.3. The molecule has 3 aromatic heterocycles. The number of aromatic hydroxyl groups is 1. The van der Waals surface area contributed by atoms with Gasteiger partial charge in [0.2, 0.25) is 0 Å². The van der Waals surface area contributed by atoms with E-state index in [0.717, 1.165) is 55.7 Å². The smallest absolute Gasteiger partial charge is 0.145 e. The Labute approximate surface area is 251 Å². The van der Waals surface area contributed by atoms with Gasteiger partial charge in [0.25, 0.3) is 0 Å². The number of nitrogens with one attached hydrogen (secondary N) is 1. The Kier molecular flexibility index (Phi) is 6.00. The standard InChI is InChI=1S/C38H36N4O/c1-37(2,3)23-21-28(38(4,5)6)36(43)33(22-23)42-32-20-10-8-14-27(32)35(41-42)31-19-12-18-30(39-31)26-16-11-15-25-24-13-7-9-17-29(24)40-34(25)26/h7-22,40,43H,1-6H3. The molecule has 0 fully saturated rings. The van der Waals surface area contributed by atoms with Gasteiger partial charge in [0, 0.05) is 32.8 Å². The Morgan fingerprint density at radius 3 is 2.12 bits per heavy atom. The Bertz CT molecular complexity index is 2170. The summed E-state index contributed by atoms with van der Waals surface area (Å²) in [5.74, 6) is 0.257. The van der Waals surface area contributed by atoms with Gasteiger partial charge in [-0.1, -0.05) is 108 Å². The van der Waals surface area contributed by atoms with Crippen LogP contribution in [0.15, 0.2) is 97.1 Å². The summed E-state index contributed by atoms with van der Waals surface area (Å²) < 4.78 is 1.89. The molecule has 0 aliphatic rings. The normalized spacial score (nSPS) is 12.5. The van der Waals surface area contributed by atoms with Crippen LogP contribution < -0.4 is 0 Å². The predicted molar refractivity (Wildman–Crippen MR) is 178 cm³/mol. The van der Waals surface area contributed by atoms with Gasteiger partial charge in [-0.15, -0.1) is 0 Å². The van der Waals surface area contributed by atoms with Crippen molar-refractivity contribution in [3.05, 3.63) is 108 Å². The van der Waals surface area contributed by atoms with E-state index in [9.17, 15) is 5.11 Å². The first kappa shape index (κ1) is 27.0. The Morgan fingerprint density at radius 2 is 1.35 bits per heavy atom. The summed E-state index contributed by atoms with van der Waals surface area (Å²) >= 11 is 0. The molecular formula is C38H36N4O. The zero-order valence-electron chi connectivity index (χ0n) is 25.5.